The molecule has 0 fully saturated rings. The lowest BCUT2D eigenvalue weighted by Crippen LogP contribution is -1.99. The van der Waals surface area contributed by atoms with Crippen LogP contribution in [0.25, 0.3) is 10.9 Å². The fourth-order valence-electron chi connectivity index (χ4n) is 2.42. The molecule has 3 heteroatoms. The van der Waals surface area contributed by atoms with Gasteiger partial charge in [0.1, 0.15) is 0 Å². The summed E-state index contributed by atoms with van der Waals surface area (Å²) in [5.74, 6) is 0. The van der Waals surface area contributed by atoms with Gasteiger partial charge < -0.3 is 0 Å². The third-order valence-electron chi connectivity index (χ3n) is 3.37. The molecule has 1 atom stereocenters. The molecule has 2 aromatic rings. The van der Waals surface area contributed by atoms with E-state index in [1.54, 1.807) is 0 Å². The summed E-state index contributed by atoms with van der Waals surface area (Å²) in [6.45, 7) is 2.24. The molecule has 1 aromatic carbocycles. The largest absolute Gasteiger partial charge is 0.268 e. The Kier molecular flexibility index (Phi) is 4.81. The maximum atomic E-state index is 4.63. The van der Waals surface area contributed by atoms with E-state index in [0.29, 0.717) is 4.83 Å². The van der Waals surface area contributed by atoms with Gasteiger partial charge in [0.15, 0.2) is 0 Å². The van der Waals surface area contributed by atoms with Gasteiger partial charge in [0.25, 0.3) is 0 Å². The van der Waals surface area contributed by atoms with Crippen LogP contribution in [-0.2, 0) is 13.5 Å². The first kappa shape index (κ1) is 13.6. The number of hydrogen-bond donors (Lipinski definition) is 0. The van der Waals surface area contributed by atoms with Crippen molar-refractivity contribution in [3.05, 3.63) is 30.0 Å². The van der Waals surface area contributed by atoms with E-state index in [2.05, 4.69) is 52.2 Å². The molecule has 1 aromatic heterocycles. The maximum absolute atomic E-state index is 4.63. The molecule has 0 aliphatic heterocycles. The molecule has 0 N–H and O–H groups in total. The van der Waals surface area contributed by atoms with Gasteiger partial charge in [-0.2, -0.15) is 5.10 Å². The fourth-order valence-corrected chi connectivity index (χ4v) is 3.20. The maximum Gasteiger partial charge on any atom is 0.0703 e. The number of nitrogens with zero attached hydrogens (tertiary/aromatic N) is 2. The number of benzene rings is 1. The van der Waals surface area contributed by atoms with Gasteiger partial charge in [0, 0.05) is 17.3 Å². The lowest BCUT2D eigenvalue weighted by Gasteiger charge is -2.06. The summed E-state index contributed by atoms with van der Waals surface area (Å²) in [5, 5.41) is 5.94. The van der Waals surface area contributed by atoms with E-state index in [0.717, 1.165) is 6.42 Å². The standard InChI is InChI=1S/C15H21BrN2/c1-3-7-12(16)8-6-10-14-13-9-4-5-11-15(13)18(2)17-14/h4-5,9,11-12H,3,6-8,10H2,1-2H3. The van der Waals surface area contributed by atoms with Crippen molar-refractivity contribution in [2.75, 3.05) is 0 Å². The van der Waals surface area contributed by atoms with Crippen molar-refractivity contribution in [2.45, 2.75) is 43.9 Å². The number of alkyl halides is 1. The summed E-state index contributed by atoms with van der Waals surface area (Å²) in [6.07, 6.45) is 6.04. The quantitative estimate of drug-likeness (QED) is 0.720. The smallest absolute Gasteiger partial charge is 0.0703 e. The first-order valence-corrected chi connectivity index (χ1v) is 7.68. The van der Waals surface area contributed by atoms with Crippen molar-refractivity contribution in [1.29, 1.82) is 0 Å². The predicted octanol–water partition coefficient (Wildman–Crippen LogP) is 4.46. The number of hydrogen-bond acceptors (Lipinski definition) is 1. The van der Waals surface area contributed by atoms with Crippen molar-refractivity contribution in [2.24, 2.45) is 7.05 Å². The monoisotopic (exact) mass is 308 g/mol. The van der Waals surface area contributed by atoms with Crippen LogP contribution in [-0.4, -0.2) is 14.6 Å². The molecule has 1 heterocycles. The molecule has 98 valence electrons. The molecule has 0 radical (unpaired) electrons. The number of para-hydroxylation sites is 1. The normalized spacial score (nSPS) is 13.1. The van der Waals surface area contributed by atoms with Crippen molar-refractivity contribution >= 4 is 26.8 Å². The molecule has 18 heavy (non-hydrogen) atoms. The van der Waals surface area contributed by atoms with Gasteiger partial charge in [-0.3, -0.25) is 4.68 Å². The van der Waals surface area contributed by atoms with Crippen LogP contribution in [0.3, 0.4) is 0 Å². The average Bonchev–Trinajstić information content (AvgIpc) is 2.68. The summed E-state index contributed by atoms with van der Waals surface area (Å²) in [7, 11) is 2.02. The van der Waals surface area contributed by atoms with E-state index in [9.17, 15) is 0 Å². The second-order valence-electron chi connectivity index (χ2n) is 4.87. The number of aromatic nitrogens is 2. The van der Waals surface area contributed by atoms with Gasteiger partial charge in [0.05, 0.1) is 11.2 Å². The zero-order valence-corrected chi connectivity index (χ0v) is 12.8. The van der Waals surface area contributed by atoms with Gasteiger partial charge in [-0.25, -0.2) is 0 Å². The zero-order chi connectivity index (χ0) is 13.0. The van der Waals surface area contributed by atoms with Crippen molar-refractivity contribution in [3.63, 3.8) is 0 Å². The molecule has 0 aliphatic carbocycles. The summed E-state index contributed by atoms with van der Waals surface area (Å²) in [6, 6.07) is 8.48. The summed E-state index contributed by atoms with van der Waals surface area (Å²) in [5.41, 5.74) is 2.47. The highest BCUT2D eigenvalue weighted by atomic mass is 79.9. The average molecular weight is 309 g/mol. The molecule has 0 saturated carbocycles. The SMILES string of the molecule is CCCC(Br)CCCc1nn(C)c2ccccc12. The van der Waals surface area contributed by atoms with Crippen LogP contribution < -0.4 is 0 Å². The summed E-state index contributed by atoms with van der Waals surface area (Å²) in [4.78, 5) is 0.664. The Hall–Kier alpha value is -0.830. The highest BCUT2D eigenvalue weighted by Crippen LogP contribution is 2.21. The van der Waals surface area contributed by atoms with E-state index >= 15 is 0 Å². The zero-order valence-electron chi connectivity index (χ0n) is 11.2. The number of halogens is 1. The number of rotatable bonds is 6. The van der Waals surface area contributed by atoms with Crippen LogP contribution in [0.4, 0.5) is 0 Å². The van der Waals surface area contributed by atoms with Gasteiger partial charge in [0.2, 0.25) is 0 Å². The second kappa shape index (κ2) is 6.37. The first-order chi connectivity index (χ1) is 8.72. The Morgan fingerprint density at radius 1 is 1.28 bits per heavy atom. The van der Waals surface area contributed by atoms with Crippen molar-refractivity contribution in [1.82, 2.24) is 9.78 Å². The predicted molar refractivity (Wildman–Crippen MR) is 81.3 cm³/mol. The van der Waals surface area contributed by atoms with Crippen LogP contribution in [0.5, 0.6) is 0 Å². The minimum Gasteiger partial charge on any atom is -0.268 e. The van der Waals surface area contributed by atoms with Crippen LogP contribution in [0, 0.1) is 0 Å². The van der Waals surface area contributed by atoms with Gasteiger partial charge in [-0.15, -0.1) is 0 Å². The molecular weight excluding hydrogens is 288 g/mol. The lowest BCUT2D eigenvalue weighted by molar-refractivity contribution is 0.644. The Bertz CT molecular complexity index is 504. The Balaban J connectivity index is 2.00. The molecule has 0 saturated heterocycles. The highest BCUT2D eigenvalue weighted by molar-refractivity contribution is 9.09. The Morgan fingerprint density at radius 2 is 2.06 bits per heavy atom. The molecule has 1 unspecified atom stereocenters. The van der Waals surface area contributed by atoms with Gasteiger partial charge in [-0.1, -0.05) is 47.5 Å². The van der Waals surface area contributed by atoms with Gasteiger partial charge in [-0.05, 0) is 31.7 Å². The van der Waals surface area contributed by atoms with Crippen LogP contribution >= 0.6 is 15.9 Å². The third kappa shape index (κ3) is 3.14. The van der Waals surface area contributed by atoms with Crippen LogP contribution in [0.1, 0.15) is 38.3 Å². The fraction of sp³-hybridized carbons (Fsp3) is 0.533. The van der Waals surface area contributed by atoms with E-state index in [1.807, 2.05) is 11.7 Å². The Labute approximate surface area is 118 Å². The molecule has 0 aliphatic rings. The van der Waals surface area contributed by atoms with Crippen LogP contribution in [0.15, 0.2) is 24.3 Å². The minimum atomic E-state index is 0.664. The molecular formula is C15H21BrN2. The van der Waals surface area contributed by atoms with Crippen LogP contribution in [0.2, 0.25) is 0 Å². The number of fused-ring (bicyclic) bond motifs is 1. The molecule has 0 spiro atoms. The molecule has 2 rings (SSSR count). The lowest BCUT2D eigenvalue weighted by atomic mass is 10.1. The third-order valence-corrected chi connectivity index (χ3v) is 4.28. The van der Waals surface area contributed by atoms with Gasteiger partial charge >= 0.3 is 0 Å². The Morgan fingerprint density at radius 3 is 2.83 bits per heavy atom. The van der Waals surface area contributed by atoms with E-state index in [-0.39, 0.29) is 0 Å². The molecule has 2 nitrogen and oxygen atoms in total. The topological polar surface area (TPSA) is 17.8 Å². The van der Waals surface area contributed by atoms with Crippen molar-refractivity contribution in [3.8, 4) is 0 Å². The highest BCUT2D eigenvalue weighted by Gasteiger charge is 2.08. The first-order valence-electron chi connectivity index (χ1n) is 6.77. The minimum absolute atomic E-state index is 0.664. The summed E-state index contributed by atoms with van der Waals surface area (Å²) >= 11 is 3.74. The second-order valence-corrected chi connectivity index (χ2v) is 6.16. The van der Waals surface area contributed by atoms with E-state index in [1.165, 1.54) is 42.3 Å². The van der Waals surface area contributed by atoms with Crippen molar-refractivity contribution < 1.29 is 0 Å². The molecule has 0 bridgehead atoms. The number of aryl methyl sites for hydroxylation is 2. The molecule has 0 amide bonds. The van der Waals surface area contributed by atoms with E-state index in [4.69, 9.17) is 0 Å². The van der Waals surface area contributed by atoms with E-state index < -0.39 is 0 Å². The summed E-state index contributed by atoms with van der Waals surface area (Å²) < 4.78 is 1.99.